The van der Waals surface area contributed by atoms with Crippen molar-refractivity contribution in [3.63, 3.8) is 0 Å². The molecule has 4 rings (SSSR count). The van der Waals surface area contributed by atoms with Crippen molar-refractivity contribution in [1.82, 2.24) is 19.7 Å². The number of rotatable bonds is 3. The molecule has 3 fully saturated rings. The zero-order chi connectivity index (χ0) is 18.0. The minimum absolute atomic E-state index is 0.0537. The Labute approximate surface area is 156 Å². The van der Waals surface area contributed by atoms with Gasteiger partial charge in [-0.3, -0.25) is 19.6 Å². The van der Waals surface area contributed by atoms with Gasteiger partial charge in [0.05, 0.1) is 19.3 Å². The molecule has 3 aliphatic rings. The van der Waals surface area contributed by atoms with Gasteiger partial charge in [0.25, 0.3) is 0 Å². The molecule has 1 aromatic rings. The summed E-state index contributed by atoms with van der Waals surface area (Å²) in [5.41, 5.74) is 1.60. The van der Waals surface area contributed by atoms with E-state index in [1.807, 2.05) is 23.4 Å². The van der Waals surface area contributed by atoms with Crippen LogP contribution in [0.4, 0.5) is 0 Å². The van der Waals surface area contributed by atoms with Crippen molar-refractivity contribution in [3.8, 4) is 0 Å². The number of hydrogen-bond acceptors (Lipinski definition) is 5. The summed E-state index contributed by atoms with van der Waals surface area (Å²) >= 11 is 0. The summed E-state index contributed by atoms with van der Waals surface area (Å²) in [7, 11) is 2.12. The van der Waals surface area contributed by atoms with Crippen LogP contribution in [0.1, 0.15) is 24.8 Å². The van der Waals surface area contributed by atoms with E-state index in [9.17, 15) is 4.79 Å². The molecule has 6 nitrogen and oxygen atoms in total. The number of likely N-dealkylation sites (tertiary alicyclic amines) is 2. The van der Waals surface area contributed by atoms with E-state index >= 15 is 0 Å². The first-order valence-corrected chi connectivity index (χ1v) is 9.83. The summed E-state index contributed by atoms with van der Waals surface area (Å²) in [6.45, 7) is 7.10. The van der Waals surface area contributed by atoms with Crippen molar-refractivity contribution in [2.24, 2.45) is 5.41 Å². The molecule has 0 radical (unpaired) electrons. The van der Waals surface area contributed by atoms with Crippen molar-refractivity contribution >= 4 is 5.91 Å². The number of likely N-dealkylation sites (N-methyl/N-ethyl adjacent to an activating group) is 1. The summed E-state index contributed by atoms with van der Waals surface area (Å²) in [5.74, 6) is 0.311. The number of amides is 1. The fourth-order valence-electron chi connectivity index (χ4n) is 4.84. The third kappa shape index (κ3) is 3.77. The van der Waals surface area contributed by atoms with E-state index < -0.39 is 0 Å². The third-order valence-electron chi connectivity index (χ3n) is 6.40. The second kappa shape index (κ2) is 7.62. The first kappa shape index (κ1) is 17.9. The van der Waals surface area contributed by atoms with Crippen LogP contribution < -0.4 is 0 Å². The molecule has 6 heteroatoms. The lowest BCUT2D eigenvalue weighted by Crippen LogP contribution is -2.48. The van der Waals surface area contributed by atoms with Gasteiger partial charge >= 0.3 is 0 Å². The SMILES string of the molecule is CN1CC2(CCN(Cc3cccnc3)CC2)CC1C(=O)N1CCOCC1. The van der Waals surface area contributed by atoms with E-state index in [1.165, 1.54) is 18.4 Å². The lowest BCUT2D eigenvalue weighted by molar-refractivity contribution is -0.139. The molecule has 0 N–H and O–H groups in total. The Morgan fingerprint density at radius 2 is 2.04 bits per heavy atom. The molecule has 0 bridgehead atoms. The van der Waals surface area contributed by atoms with Crippen LogP contribution in [0.5, 0.6) is 0 Å². The molecule has 142 valence electrons. The molecule has 1 atom stereocenters. The number of nitrogens with zero attached hydrogens (tertiary/aromatic N) is 4. The van der Waals surface area contributed by atoms with Crippen LogP contribution in [0.25, 0.3) is 0 Å². The maximum atomic E-state index is 13.0. The van der Waals surface area contributed by atoms with Crippen molar-refractivity contribution < 1.29 is 9.53 Å². The zero-order valence-corrected chi connectivity index (χ0v) is 15.8. The van der Waals surface area contributed by atoms with E-state index in [0.29, 0.717) is 24.5 Å². The van der Waals surface area contributed by atoms with Crippen molar-refractivity contribution in [3.05, 3.63) is 30.1 Å². The Morgan fingerprint density at radius 1 is 1.27 bits per heavy atom. The van der Waals surface area contributed by atoms with Gasteiger partial charge in [0.1, 0.15) is 0 Å². The molecule has 1 aromatic heterocycles. The highest BCUT2D eigenvalue weighted by Gasteiger charge is 2.47. The van der Waals surface area contributed by atoms with Crippen LogP contribution in [-0.2, 0) is 16.1 Å². The molecular formula is C20H30N4O2. The predicted octanol–water partition coefficient (Wildman–Crippen LogP) is 1.23. The van der Waals surface area contributed by atoms with E-state index in [-0.39, 0.29) is 6.04 Å². The van der Waals surface area contributed by atoms with Crippen molar-refractivity contribution in [2.45, 2.75) is 31.8 Å². The van der Waals surface area contributed by atoms with Gasteiger partial charge in [0, 0.05) is 38.6 Å². The highest BCUT2D eigenvalue weighted by atomic mass is 16.5. The largest absolute Gasteiger partial charge is 0.378 e. The van der Waals surface area contributed by atoms with Crippen molar-refractivity contribution in [2.75, 3.05) is 53.0 Å². The lowest BCUT2D eigenvalue weighted by Gasteiger charge is -2.39. The van der Waals surface area contributed by atoms with Crippen LogP contribution >= 0.6 is 0 Å². The quantitative estimate of drug-likeness (QED) is 0.813. The van der Waals surface area contributed by atoms with Gasteiger partial charge in [0.15, 0.2) is 0 Å². The van der Waals surface area contributed by atoms with Gasteiger partial charge in [-0.25, -0.2) is 0 Å². The number of carbonyl (C=O) groups is 1. The molecule has 0 saturated carbocycles. The fraction of sp³-hybridized carbons (Fsp3) is 0.700. The van der Waals surface area contributed by atoms with Gasteiger partial charge < -0.3 is 9.64 Å². The Balaban J connectivity index is 1.33. The molecule has 1 spiro atoms. The highest BCUT2D eigenvalue weighted by Crippen LogP contribution is 2.43. The van der Waals surface area contributed by atoms with Crippen LogP contribution in [0.2, 0.25) is 0 Å². The Bertz CT molecular complexity index is 609. The van der Waals surface area contributed by atoms with Gasteiger partial charge in [-0.15, -0.1) is 0 Å². The van der Waals surface area contributed by atoms with Gasteiger partial charge in [-0.1, -0.05) is 6.07 Å². The Kier molecular flexibility index (Phi) is 5.25. The van der Waals surface area contributed by atoms with E-state index in [2.05, 4.69) is 27.9 Å². The summed E-state index contributed by atoms with van der Waals surface area (Å²) < 4.78 is 5.39. The van der Waals surface area contributed by atoms with E-state index in [1.54, 1.807) is 0 Å². The minimum atomic E-state index is 0.0537. The zero-order valence-electron chi connectivity index (χ0n) is 15.8. The monoisotopic (exact) mass is 358 g/mol. The second-order valence-corrected chi connectivity index (χ2v) is 8.21. The number of pyridine rings is 1. The highest BCUT2D eigenvalue weighted by molar-refractivity contribution is 5.82. The number of morpholine rings is 1. The number of piperidine rings is 1. The predicted molar refractivity (Wildman–Crippen MR) is 99.6 cm³/mol. The summed E-state index contributed by atoms with van der Waals surface area (Å²) in [6.07, 6.45) is 7.18. The summed E-state index contributed by atoms with van der Waals surface area (Å²) in [5, 5.41) is 0. The van der Waals surface area contributed by atoms with Crippen molar-refractivity contribution in [1.29, 1.82) is 0 Å². The topological polar surface area (TPSA) is 48.9 Å². The van der Waals surface area contributed by atoms with Crippen LogP contribution in [0, 0.1) is 5.41 Å². The maximum Gasteiger partial charge on any atom is 0.240 e. The average molecular weight is 358 g/mol. The normalized spacial score (nSPS) is 27.1. The molecule has 0 aromatic carbocycles. The molecule has 4 heterocycles. The number of aromatic nitrogens is 1. The first-order valence-electron chi connectivity index (χ1n) is 9.83. The number of carbonyl (C=O) groups excluding carboxylic acids is 1. The minimum Gasteiger partial charge on any atom is -0.378 e. The van der Waals surface area contributed by atoms with E-state index in [0.717, 1.165) is 45.7 Å². The molecule has 0 aliphatic carbocycles. The maximum absolute atomic E-state index is 13.0. The second-order valence-electron chi connectivity index (χ2n) is 8.21. The lowest BCUT2D eigenvalue weighted by atomic mass is 9.76. The molecular weight excluding hydrogens is 328 g/mol. The smallest absolute Gasteiger partial charge is 0.240 e. The Hall–Kier alpha value is -1.50. The van der Waals surface area contributed by atoms with Gasteiger partial charge in [-0.2, -0.15) is 0 Å². The van der Waals surface area contributed by atoms with Crippen LogP contribution in [0.3, 0.4) is 0 Å². The van der Waals surface area contributed by atoms with Crippen LogP contribution in [-0.4, -0.2) is 84.6 Å². The number of hydrogen-bond donors (Lipinski definition) is 0. The molecule has 3 aliphatic heterocycles. The molecule has 3 saturated heterocycles. The summed E-state index contributed by atoms with van der Waals surface area (Å²) in [4.78, 5) is 24.0. The summed E-state index contributed by atoms with van der Waals surface area (Å²) in [6, 6.07) is 4.21. The van der Waals surface area contributed by atoms with Gasteiger partial charge in [0.2, 0.25) is 5.91 Å². The van der Waals surface area contributed by atoms with Gasteiger partial charge in [-0.05, 0) is 56.4 Å². The third-order valence-corrected chi connectivity index (χ3v) is 6.40. The Morgan fingerprint density at radius 3 is 2.73 bits per heavy atom. The van der Waals surface area contributed by atoms with E-state index in [4.69, 9.17) is 4.74 Å². The first-order chi connectivity index (χ1) is 12.7. The molecule has 1 unspecified atom stereocenters. The fourth-order valence-corrected chi connectivity index (χ4v) is 4.84. The molecule has 1 amide bonds. The average Bonchev–Trinajstić information content (AvgIpc) is 3.01. The van der Waals surface area contributed by atoms with Crippen LogP contribution in [0.15, 0.2) is 24.5 Å². The number of ether oxygens (including phenoxy) is 1. The molecule has 26 heavy (non-hydrogen) atoms. The standard InChI is InChI=1S/C20H30N4O2/c1-22-16-20(13-18(22)19(25)24-9-11-26-12-10-24)4-7-23(8-5-20)15-17-3-2-6-21-14-17/h2-3,6,14,18H,4-5,7-13,15-16H2,1H3.